The second-order valence-corrected chi connectivity index (χ2v) is 7.91. The van der Waals surface area contributed by atoms with Gasteiger partial charge in [0.2, 0.25) is 0 Å². The van der Waals surface area contributed by atoms with Crippen molar-refractivity contribution < 1.29 is 0 Å². The largest absolute Gasteiger partial charge is 0.256 e. The van der Waals surface area contributed by atoms with Crippen molar-refractivity contribution in [2.75, 3.05) is 0 Å². The molecule has 2 aliphatic rings. The molecule has 0 aliphatic heterocycles. The first kappa shape index (κ1) is 16.3. The van der Waals surface area contributed by atoms with Gasteiger partial charge in [0.05, 0.1) is 5.69 Å². The van der Waals surface area contributed by atoms with E-state index in [1.807, 2.05) is 6.20 Å². The maximum Gasteiger partial charge on any atom is 0.0749 e. The summed E-state index contributed by atoms with van der Waals surface area (Å²) in [6.07, 6.45) is 12.4. The highest BCUT2D eigenvalue weighted by Gasteiger charge is 2.40. The second kappa shape index (κ2) is 5.98. The van der Waals surface area contributed by atoms with Gasteiger partial charge in [0.1, 0.15) is 0 Å². The van der Waals surface area contributed by atoms with Crippen LogP contribution in [0.2, 0.25) is 0 Å². The molecule has 1 heteroatoms. The molecule has 2 aliphatic carbocycles. The average molecular weight is 329 g/mol. The lowest BCUT2D eigenvalue weighted by atomic mass is 9.63. The molecule has 1 unspecified atom stereocenters. The molecule has 25 heavy (non-hydrogen) atoms. The van der Waals surface area contributed by atoms with Crippen LogP contribution in [0.25, 0.3) is 16.3 Å². The number of hydrogen-bond donors (Lipinski definition) is 0. The Morgan fingerprint density at radius 2 is 2.04 bits per heavy atom. The van der Waals surface area contributed by atoms with Gasteiger partial charge >= 0.3 is 0 Å². The lowest BCUT2D eigenvalue weighted by molar-refractivity contribution is 0.592. The summed E-state index contributed by atoms with van der Waals surface area (Å²) in [6.45, 7) is 9.25. The van der Waals surface area contributed by atoms with E-state index in [1.54, 1.807) is 0 Å². The molecule has 0 saturated heterocycles. The van der Waals surface area contributed by atoms with E-state index in [1.165, 1.54) is 38.7 Å². The molecule has 0 N–H and O–H groups in total. The van der Waals surface area contributed by atoms with Crippen LogP contribution in [0.1, 0.15) is 58.2 Å². The monoisotopic (exact) mass is 329 g/mol. The van der Waals surface area contributed by atoms with E-state index in [4.69, 9.17) is 4.98 Å². The van der Waals surface area contributed by atoms with E-state index >= 15 is 0 Å². The number of pyridine rings is 1. The van der Waals surface area contributed by atoms with Crippen LogP contribution < -0.4 is 0 Å². The summed E-state index contributed by atoms with van der Waals surface area (Å²) in [6, 6.07) is 8.87. The Bertz CT molecular complexity index is 919. The van der Waals surface area contributed by atoms with Crippen LogP contribution in [0.4, 0.5) is 0 Å². The molecule has 0 fully saturated rings. The summed E-state index contributed by atoms with van der Waals surface area (Å²) in [5.74, 6) is 0.534. The Balaban J connectivity index is 2.00. The van der Waals surface area contributed by atoms with Crippen LogP contribution in [0.5, 0.6) is 0 Å². The van der Waals surface area contributed by atoms with E-state index in [0.29, 0.717) is 5.92 Å². The van der Waals surface area contributed by atoms with Crippen LogP contribution in [0.3, 0.4) is 0 Å². The third kappa shape index (κ3) is 2.40. The Morgan fingerprint density at radius 3 is 2.84 bits per heavy atom. The Kier molecular flexibility index (Phi) is 3.91. The van der Waals surface area contributed by atoms with Crippen molar-refractivity contribution in [2.45, 2.75) is 52.4 Å². The lowest BCUT2D eigenvalue weighted by Crippen LogP contribution is -2.30. The summed E-state index contributed by atoms with van der Waals surface area (Å²) in [4.78, 5) is 4.89. The van der Waals surface area contributed by atoms with E-state index in [-0.39, 0.29) is 5.41 Å². The molecule has 0 spiro atoms. The minimum atomic E-state index is 0.0264. The van der Waals surface area contributed by atoms with Gasteiger partial charge in [0.25, 0.3) is 0 Å². The fourth-order valence-corrected chi connectivity index (χ4v) is 4.83. The topological polar surface area (TPSA) is 12.9 Å². The third-order valence-electron chi connectivity index (χ3n) is 5.95. The number of fused-ring (bicyclic) bond motifs is 1. The van der Waals surface area contributed by atoms with Gasteiger partial charge in [0, 0.05) is 17.0 Å². The molecule has 0 amide bonds. The van der Waals surface area contributed by atoms with Crippen LogP contribution in [0.15, 0.2) is 59.8 Å². The molecule has 0 saturated carbocycles. The minimum absolute atomic E-state index is 0.0264. The summed E-state index contributed by atoms with van der Waals surface area (Å²) in [5.41, 5.74) is 7.11. The molecular formula is C24H27N. The summed E-state index contributed by atoms with van der Waals surface area (Å²) in [5, 5.41) is 2.69. The standard InChI is InChI=1S/C24H27N/c1-5-6-7-9-17-13-12-16(2)22-21(17)23-20-18(14-15-25-23)10-8-11-19(20)24(22,3)4/h6-8,10-12,14-15,17H,5,9,13H2,1-4H3. The van der Waals surface area contributed by atoms with Crippen LogP contribution in [-0.4, -0.2) is 4.98 Å². The third-order valence-corrected chi connectivity index (χ3v) is 5.95. The Labute approximate surface area is 151 Å². The fraction of sp³-hybridized carbons (Fsp3) is 0.375. The summed E-state index contributed by atoms with van der Waals surface area (Å²) in [7, 11) is 0. The van der Waals surface area contributed by atoms with Crippen LogP contribution in [0, 0.1) is 5.92 Å². The van der Waals surface area contributed by atoms with Gasteiger partial charge in [-0.25, -0.2) is 0 Å². The predicted molar refractivity (Wildman–Crippen MR) is 108 cm³/mol. The number of nitrogens with zero attached hydrogens (tertiary/aromatic N) is 1. The molecule has 0 radical (unpaired) electrons. The van der Waals surface area contributed by atoms with Gasteiger partial charge in [-0.1, -0.05) is 62.8 Å². The fourth-order valence-electron chi connectivity index (χ4n) is 4.83. The van der Waals surface area contributed by atoms with Crippen molar-refractivity contribution in [1.82, 2.24) is 4.98 Å². The highest BCUT2D eigenvalue weighted by Crippen LogP contribution is 2.53. The maximum atomic E-state index is 4.89. The van der Waals surface area contributed by atoms with Gasteiger partial charge < -0.3 is 0 Å². The van der Waals surface area contributed by atoms with Crippen LogP contribution in [-0.2, 0) is 5.41 Å². The molecule has 1 aromatic heterocycles. The zero-order valence-electron chi connectivity index (χ0n) is 15.8. The molecule has 1 nitrogen and oxygen atoms in total. The van der Waals surface area contributed by atoms with Crippen molar-refractivity contribution >= 4 is 16.3 Å². The Morgan fingerprint density at radius 1 is 1.20 bits per heavy atom. The normalized spacial score (nSPS) is 21.6. The van der Waals surface area contributed by atoms with Gasteiger partial charge in [-0.3, -0.25) is 4.98 Å². The lowest BCUT2D eigenvalue weighted by Gasteiger charge is -2.41. The number of hydrogen-bond acceptors (Lipinski definition) is 1. The maximum absolute atomic E-state index is 4.89. The highest BCUT2D eigenvalue weighted by atomic mass is 14.7. The molecular weight excluding hydrogens is 302 g/mol. The number of allylic oxidation sites excluding steroid dienone is 6. The number of benzene rings is 1. The average Bonchev–Trinajstić information content (AvgIpc) is 2.61. The van der Waals surface area contributed by atoms with Gasteiger partial charge in [-0.05, 0) is 60.3 Å². The molecule has 1 heterocycles. The molecule has 2 aromatic rings. The Hall–Kier alpha value is -2.15. The van der Waals surface area contributed by atoms with Crippen molar-refractivity contribution in [2.24, 2.45) is 5.92 Å². The van der Waals surface area contributed by atoms with Gasteiger partial charge in [-0.2, -0.15) is 0 Å². The van der Waals surface area contributed by atoms with E-state index in [9.17, 15) is 0 Å². The van der Waals surface area contributed by atoms with Crippen molar-refractivity contribution in [1.29, 1.82) is 0 Å². The van der Waals surface area contributed by atoms with Crippen LogP contribution >= 0.6 is 0 Å². The molecule has 1 atom stereocenters. The molecule has 128 valence electrons. The zero-order chi connectivity index (χ0) is 17.6. The highest BCUT2D eigenvalue weighted by molar-refractivity contribution is 6.00. The SMILES string of the molecule is CCC=CCC1CC=C(C)C2=C1c1nccc3cccc(c13)C2(C)C. The summed E-state index contributed by atoms with van der Waals surface area (Å²) >= 11 is 0. The zero-order valence-corrected chi connectivity index (χ0v) is 15.8. The molecule has 1 aromatic carbocycles. The quantitative estimate of drug-likeness (QED) is 0.578. The second-order valence-electron chi connectivity index (χ2n) is 7.91. The van der Waals surface area contributed by atoms with Gasteiger partial charge in [0.15, 0.2) is 0 Å². The predicted octanol–water partition coefficient (Wildman–Crippen LogP) is 6.60. The van der Waals surface area contributed by atoms with Crippen molar-refractivity contribution in [3.05, 3.63) is 71.1 Å². The first-order valence-corrected chi connectivity index (χ1v) is 9.51. The first-order valence-electron chi connectivity index (χ1n) is 9.51. The molecule has 0 bridgehead atoms. The number of rotatable bonds is 3. The van der Waals surface area contributed by atoms with E-state index < -0.39 is 0 Å². The van der Waals surface area contributed by atoms with E-state index in [2.05, 4.69) is 70.2 Å². The van der Waals surface area contributed by atoms with E-state index in [0.717, 1.165) is 19.3 Å². The minimum Gasteiger partial charge on any atom is -0.256 e. The number of aromatic nitrogens is 1. The summed E-state index contributed by atoms with van der Waals surface area (Å²) < 4.78 is 0. The molecule has 4 rings (SSSR count). The first-order chi connectivity index (χ1) is 12.1. The van der Waals surface area contributed by atoms with Gasteiger partial charge in [-0.15, -0.1) is 0 Å². The smallest absolute Gasteiger partial charge is 0.0749 e. The van der Waals surface area contributed by atoms with Crippen molar-refractivity contribution in [3.63, 3.8) is 0 Å². The van der Waals surface area contributed by atoms with Crippen molar-refractivity contribution in [3.8, 4) is 0 Å².